The van der Waals surface area contributed by atoms with Crippen LogP contribution in [0.5, 0.6) is 0 Å². The predicted octanol–water partition coefficient (Wildman–Crippen LogP) is 3.19. The van der Waals surface area contributed by atoms with E-state index in [-0.39, 0.29) is 0 Å². The van der Waals surface area contributed by atoms with Crippen LogP contribution in [0.25, 0.3) is 0 Å². The minimum absolute atomic E-state index is 1.00. The quantitative estimate of drug-likeness (QED) is 0.814. The third kappa shape index (κ3) is 3.87. The summed E-state index contributed by atoms with van der Waals surface area (Å²) in [5.74, 6) is 0. The highest BCUT2D eigenvalue weighted by atomic mass is 16.2. The van der Waals surface area contributed by atoms with Crippen LogP contribution in [-0.2, 0) is 6.42 Å². The molecule has 0 aliphatic carbocycles. The van der Waals surface area contributed by atoms with Crippen molar-refractivity contribution in [2.45, 2.75) is 13.3 Å². The highest BCUT2D eigenvalue weighted by molar-refractivity contribution is 5.27. The molecule has 0 saturated carbocycles. The van der Waals surface area contributed by atoms with Crippen molar-refractivity contribution in [3.63, 3.8) is 0 Å². The first kappa shape index (κ1) is 12.5. The summed E-state index contributed by atoms with van der Waals surface area (Å²) in [7, 11) is 1.00. The van der Waals surface area contributed by atoms with Crippen LogP contribution in [0.4, 0.5) is 0 Å². The van der Waals surface area contributed by atoms with Gasteiger partial charge in [-0.3, -0.25) is 0 Å². The van der Waals surface area contributed by atoms with Crippen LogP contribution in [0.1, 0.15) is 16.7 Å². The normalized spacial score (nSPS) is 9.19. The maximum absolute atomic E-state index is 7.00. The Balaban J connectivity index is 0.000000606. The Bertz CT molecular complexity index is 390. The standard InChI is InChI=1S/C14H14.CH4O/c1-12-7-9-14(10-8-12)11-13-5-3-2-4-6-13;1-2/h2-10H,11H2,1H3;2H,1H3. The Hall–Kier alpha value is -1.60. The molecule has 0 spiro atoms. The van der Waals surface area contributed by atoms with E-state index in [9.17, 15) is 0 Å². The van der Waals surface area contributed by atoms with Crippen LogP contribution >= 0.6 is 0 Å². The van der Waals surface area contributed by atoms with E-state index in [4.69, 9.17) is 5.11 Å². The molecule has 0 bridgehead atoms. The maximum Gasteiger partial charge on any atom is 0.0319 e. The first-order valence-corrected chi connectivity index (χ1v) is 5.39. The van der Waals surface area contributed by atoms with Gasteiger partial charge in [0.15, 0.2) is 0 Å². The van der Waals surface area contributed by atoms with Gasteiger partial charge < -0.3 is 5.11 Å². The van der Waals surface area contributed by atoms with Gasteiger partial charge in [0.25, 0.3) is 0 Å². The van der Waals surface area contributed by atoms with Crippen LogP contribution in [0.2, 0.25) is 0 Å². The molecule has 1 heteroatoms. The Kier molecular flexibility index (Phi) is 5.30. The highest BCUT2D eigenvalue weighted by Crippen LogP contribution is 2.09. The number of aliphatic hydroxyl groups is 1. The molecule has 0 amide bonds. The number of benzene rings is 2. The molecule has 0 aliphatic heterocycles. The molecule has 2 rings (SSSR count). The van der Waals surface area contributed by atoms with Crippen molar-refractivity contribution in [3.8, 4) is 0 Å². The van der Waals surface area contributed by atoms with Crippen molar-refractivity contribution in [1.29, 1.82) is 0 Å². The van der Waals surface area contributed by atoms with Crippen LogP contribution in [0.15, 0.2) is 54.6 Å². The van der Waals surface area contributed by atoms with Crippen LogP contribution in [-0.4, -0.2) is 12.2 Å². The molecule has 0 saturated heterocycles. The van der Waals surface area contributed by atoms with Gasteiger partial charge in [0, 0.05) is 7.11 Å². The van der Waals surface area contributed by atoms with Crippen LogP contribution in [0.3, 0.4) is 0 Å². The monoisotopic (exact) mass is 214 g/mol. The molecule has 0 atom stereocenters. The van der Waals surface area contributed by atoms with E-state index in [0.29, 0.717) is 0 Å². The zero-order valence-electron chi connectivity index (χ0n) is 9.85. The van der Waals surface area contributed by atoms with Crippen molar-refractivity contribution in [2.24, 2.45) is 0 Å². The number of rotatable bonds is 2. The molecule has 1 nitrogen and oxygen atoms in total. The topological polar surface area (TPSA) is 20.2 Å². The van der Waals surface area contributed by atoms with Gasteiger partial charge in [0.05, 0.1) is 0 Å². The summed E-state index contributed by atoms with van der Waals surface area (Å²) in [5, 5.41) is 7.00. The Morgan fingerprint density at radius 1 is 0.750 bits per heavy atom. The van der Waals surface area contributed by atoms with Crippen LogP contribution in [0, 0.1) is 6.92 Å². The Morgan fingerprint density at radius 3 is 1.81 bits per heavy atom. The third-order valence-electron chi connectivity index (χ3n) is 2.37. The summed E-state index contributed by atoms with van der Waals surface area (Å²) in [6.45, 7) is 2.12. The van der Waals surface area contributed by atoms with Gasteiger partial charge in [-0.05, 0) is 24.5 Å². The number of hydrogen-bond donors (Lipinski definition) is 1. The Labute approximate surface area is 97.4 Å². The lowest BCUT2D eigenvalue weighted by Crippen LogP contribution is -1.86. The lowest BCUT2D eigenvalue weighted by molar-refractivity contribution is 0.399. The van der Waals surface area contributed by atoms with Gasteiger partial charge >= 0.3 is 0 Å². The van der Waals surface area contributed by atoms with Gasteiger partial charge in [0.1, 0.15) is 0 Å². The summed E-state index contributed by atoms with van der Waals surface area (Å²) in [5.41, 5.74) is 4.07. The minimum atomic E-state index is 1.00. The molecule has 0 heterocycles. The van der Waals surface area contributed by atoms with Crippen LogP contribution < -0.4 is 0 Å². The lowest BCUT2D eigenvalue weighted by Gasteiger charge is -2.01. The first-order chi connectivity index (χ1) is 7.84. The molecule has 0 radical (unpaired) electrons. The molecule has 16 heavy (non-hydrogen) atoms. The van der Waals surface area contributed by atoms with E-state index < -0.39 is 0 Å². The van der Waals surface area contributed by atoms with Crippen molar-refractivity contribution in [2.75, 3.05) is 7.11 Å². The van der Waals surface area contributed by atoms with E-state index in [1.807, 2.05) is 0 Å². The second kappa shape index (κ2) is 6.81. The highest BCUT2D eigenvalue weighted by Gasteiger charge is 1.94. The molecule has 0 unspecified atom stereocenters. The summed E-state index contributed by atoms with van der Waals surface area (Å²) < 4.78 is 0. The zero-order chi connectivity index (χ0) is 11.8. The van der Waals surface area contributed by atoms with E-state index in [2.05, 4.69) is 61.5 Å². The number of aryl methyl sites for hydroxylation is 1. The molecule has 84 valence electrons. The molecule has 2 aromatic carbocycles. The van der Waals surface area contributed by atoms with E-state index in [1.54, 1.807) is 0 Å². The molecule has 2 aromatic rings. The van der Waals surface area contributed by atoms with Gasteiger partial charge in [0.2, 0.25) is 0 Å². The molecule has 0 aromatic heterocycles. The molecular weight excluding hydrogens is 196 g/mol. The maximum atomic E-state index is 7.00. The average Bonchev–Trinajstić information content (AvgIpc) is 2.36. The third-order valence-corrected chi connectivity index (χ3v) is 2.37. The fourth-order valence-corrected chi connectivity index (χ4v) is 1.54. The fraction of sp³-hybridized carbons (Fsp3) is 0.200. The number of aliphatic hydroxyl groups excluding tert-OH is 1. The van der Waals surface area contributed by atoms with E-state index in [1.165, 1.54) is 16.7 Å². The van der Waals surface area contributed by atoms with Gasteiger partial charge in [-0.2, -0.15) is 0 Å². The summed E-state index contributed by atoms with van der Waals surface area (Å²) in [4.78, 5) is 0. The second-order valence-electron chi connectivity index (χ2n) is 3.65. The first-order valence-electron chi connectivity index (χ1n) is 5.39. The second-order valence-corrected chi connectivity index (χ2v) is 3.65. The fourth-order valence-electron chi connectivity index (χ4n) is 1.54. The summed E-state index contributed by atoms with van der Waals surface area (Å²) >= 11 is 0. The van der Waals surface area contributed by atoms with E-state index in [0.717, 1.165) is 13.5 Å². The SMILES string of the molecule is CO.Cc1ccc(Cc2ccccc2)cc1. The molecule has 0 fully saturated rings. The van der Waals surface area contributed by atoms with E-state index >= 15 is 0 Å². The number of hydrogen-bond acceptors (Lipinski definition) is 1. The predicted molar refractivity (Wildman–Crippen MR) is 68.6 cm³/mol. The minimum Gasteiger partial charge on any atom is -0.400 e. The largest absolute Gasteiger partial charge is 0.400 e. The molecule has 1 N–H and O–H groups in total. The van der Waals surface area contributed by atoms with Gasteiger partial charge in [-0.1, -0.05) is 60.2 Å². The van der Waals surface area contributed by atoms with Gasteiger partial charge in [-0.15, -0.1) is 0 Å². The average molecular weight is 214 g/mol. The van der Waals surface area contributed by atoms with Gasteiger partial charge in [-0.25, -0.2) is 0 Å². The lowest BCUT2D eigenvalue weighted by atomic mass is 10.0. The zero-order valence-corrected chi connectivity index (χ0v) is 9.85. The van der Waals surface area contributed by atoms with Crippen molar-refractivity contribution in [1.82, 2.24) is 0 Å². The van der Waals surface area contributed by atoms with Crippen molar-refractivity contribution >= 4 is 0 Å². The molecular formula is C15H18O. The smallest absolute Gasteiger partial charge is 0.0319 e. The summed E-state index contributed by atoms with van der Waals surface area (Å²) in [6, 6.07) is 19.3. The molecule has 0 aliphatic rings. The van der Waals surface area contributed by atoms with Crippen molar-refractivity contribution in [3.05, 3.63) is 71.3 Å². The Morgan fingerprint density at radius 2 is 1.25 bits per heavy atom. The van der Waals surface area contributed by atoms with Crippen molar-refractivity contribution < 1.29 is 5.11 Å². The summed E-state index contributed by atoms with van der Waals surface area (Å²) in [6.07, 6.45) is 1.03.